The van der Waals surface area contributed by atoms with Crippen molar-refractivity contribution >= 4 is 17.3 Å². The van der Waals surface area contributed by atoms with E-state index >= 15 is 0 Å². The molecule has 20 heavy (non-hydrogen) atoms. The van der Waals surface area contributed by atoms with Gasteiger partial charge in [0.05, 0.1) is 0 Å². The lowest BCUT2D eigenvalue weighted by molar-refractivity contribution is -0.114. The number of benzene rings is 2. The van der Waals surface area contributed by atoms with Gasteiger partial charge in [0.1, 0.15) is 5.82 Å². The van der Waals surface area contributed by atoms with E-state index in [9.17, 15) is 9.18 Å². The van der Waals surface area contributed by atoms with Crippen molar-refractivity contribution in [1.29, 1.82) is 0 Å². The molecule has 3 nitrogen and oxygen atoms in total. The molecule has 0 saturated heterocycles. The van der Waals surface area contributed by atoms with Crippen LogP contribution in [-0.4, -0.2) is 5.91 Å². The van der Waals surface area contributed by atoms with Crippen LogP contribution in [0.4, 0.5) is 15.8 Å². The number of carbonyl (C=O) groups is 1. The van der Waals surface area contributed by atoms with Crippen LogP contribution in [0.5, 0.6) is 0 Å². The summed E-state index contributed by atoms with van der Waals surface area (Å²) in [5.74, 6) is -0.333. The van der Waals surface area contributed by atoms with E-state index in [0.29, 0.717) is 6.54 Å². The summed E-state index contributed by atoms with van der Waals surface area (Å²) in [5.41, 5.74) is 3.70. The zero-order valence-corrected chi connectivity index (χ0v) is 11.5. The third-order valence-corrected chi connectivity index (χ3v) is 2.96. The summed E-state index contributed by atoms with van der Waals surface area (Å²) in [6, 6.07) is 12.1. The summed E-state index contributed by atoms with van der Waals surface area (Å²) in [6.07, 6.45) is 0. The molecule has 0 aromatic heterocycles. The van der Waals surface area contributed by atoms with Crippen LogP contribution in [0.25, 0.3) is 0 Å². The average Bonchev–Trinajstić information content (AvgIpc) is 2.41. The summed E-state index contributed by atoms with van der Waals surface area (Å²) >= 11 is 0. The van der Waals surface area contributed by atoms with Gasteiger partial charge in [-0.25, -0.2) is 4.39 Å². The Morgan fingerprint density at radius 2 is 1.85 bits per heavy atom. The first-order chi connectivity index (χ1) is 9.54. The first-order valence-electron chi connectivity index (χ1n) is 6.41. The van der Waals surface area contributed by atoms with Crippen molar-refractivity contribution in [2.45, 2.75) is 20.4 Å². The second kappa shape index (κ2) is 6.19. The van der Waals surface area contributed by atoms with E-state index in [1.807, 2.05) is 25.1 Å². The minimum absolute atomic E-state index is 0.0937. The Hall–Kier alpha value is -2.36. The largest absolute Gasteiger partial charge is 0.381 e. The van der Waals surface area contributed by atoms with E-state index in [1.165, 1.54) is 19.1 Å². The lowest BCUT2D eigenvalue weighted by atomic mass is 10.1. The molecule has 0 saturated carbocycles. The van der Waals surface area contributed by atoms with Crippen molar-refractivity contribution in [3.8, 4) is 0 Å². The Morgan fingerprint density at radius 1 is 1.15 bits per heavy atom. The van der Waals surface area contributed by atoms with Gasteiger partial charge in [-0.1, -0.05) is 18.2 Å². The quantitative estimate of drug-likeness (QED) is 0.891. The highest BCUT2D eigenvalue weighted by molar-refractivity contribution is 5.90. The highest BCUT2D eigenvalue weighted by atomic mass is 19.1. The molecule has 0 atom stereocenters. The van der Waals surface area contributed by atoms with Crippen molar-refractivity contribution in [2.24, 2.45) is 0 Å². The van der Waals surface area contributed by atoms with Crippen LogP contribution >= 0.6 is 0 Å². The molecule has 0 bridgehead atoms. The van der Waals surface area contributed by atoms with Crippen LogP contribution in [0.15, 0.2) is 42.5 Å². The number of amides is 1. The normalized spacial score (nSPS) is 10.2. The number of rotatable bonds is 4. The fraction of sp³-hybridized carbons (Fsp3) is 0.188. The standard InChI is InChI=1S/C16H17FN2O/c1-11-3-8-15(9-16(11)19-12(2)20)18-10-13-4-6-14(17)7-5-13/h3-9,18H,10H2,1-2H3,(H,19,20). The maximum atomic E-state index is 12.8. The lowest BCUT2D eigenvalue weighted by Crippen LogP contribution is -2.08. The van der Waals surface area contributed by atoms with E-state index < -0.39 is 0 Å². The van der Waals surface area contributed by atoms with Gasteiger partial charge in [-0.2, -0.15) is 0 Å². The fourth-order valence-electron chi connectivity index (χ4n) is 1.86. The van der Waals surface area contributed by atoms with Crippen LogP contribution in [-0.2, 0) is 11.3 Å². The molecule has 0 unspecified atom stereocenters. The molecule has 2 aromatic carbocycles. The van der Waals surface area contributed by atoms with Crippen molar-refractivity contribution in [3.05, 3.63) is 59.4 Å². The highest BCUT2D eigenvalue weighted by Crippen LogP contribution is 2.20. The molecule has 0 radical (unpaired) electrons. The summed E-state index contributed by atoms with van der Waals surface area (Å²) < 4.78 is 12.8. The maximum absolute atomic E-state index is 12.8. The first kappa shape index (κ1) is 14.1. The number of aryl methyl sites for hydroxylation is 1. The van der Waals surface area contributed by atoms with Gasteiger partial charge in [-0.05, 0) is 42.3 Å². The van der Waals surface area contributed by atoms with Gasteiger partial charge in [0.2, 0.25) is 5.91 Å². The second-order valence-corrected chi connectivity index (χ2v) is 4.69. The lowest BCUT2D eigenvalue weighted by Gasteiger charge is -2.11. The first-order valence-corrected chi connectivity index (χ1v) is 6.41. The van der Waals surface area contributed by atoms with E-state index in [2.05, 4.69) is 10.6 Å². The maximum Gasteiger partial charge on any atom is 0.221 e. The van der Waals surface area contributed by atoms with E-state index in [1.54, 1.807) is 12.1 Å². The average molecular weight is 272 g/mol. The Kier molecular flexibility index (Phi) is 4.35. The van der Waals surface area contributed by atoms with Crippen molar-refractivity contribution < 1.29 is 9.18 Å². The summed E-state index contributed by atoms with van der Waals surface area (Å²) in [5, 5.41) is 6.04. The molecule has 0 aliphatic heterocycles. The van der Waals surface area contributed by atoms with Crippen LogP contribution in [0.1, 0.15) is 18.1 Å². The molecule has 0 aliphatic rings. The van der Waals surface area contributed by atoms with E-state index in [-0.39, 0.29) is 11.7 Å². The Balaban J connectivity index is 2.06. The van der Waals surface area contributed by atoms with Gasteiger partial charge in [-0.15, -0.1) is 0 Å². The number of anilines is 2. The third kappa shape index (κ3) is 3.82. The minimum atomic E-state index is -0.239. The van der Waals surface area contributed by atoms with E-state index in [0.717, 1.165) is 22.5 Å². The van der Waals surface area contributed by atoms with Crippen molar-refractivity contribution in [2.75, 3.05) is 10.6 Å². The Labute approximate surface area is 117 Å². The molecule has 2 aromatic rings. The predicted octanol–water partition coefficient (Wildman–Crippen LogP) is 3.70. The molecular formula is C16H17FN2O. The van der Waals surface area contributed by atoms with Crippen LogP contribution < -0.4 is 10.6 Å². The molecular weight excluding hydrogens is 255 g/mol. The fourth-order valence-corrected chi connectivity index (χ4v) is 1.86. The number of halogens is 1. The molecule has 0 aliphatic carbocycles. The van der Waals surface area contributed by atoms with Crippen LogP contribution in [0.3, 0.4) is 0 Å². The SMILES string of the molecule is CC(=O)Nc1cc(NCc2ccc(F)cc2)ccc1C. The van der Waals surface area contributed by atoms with Gasteiger partial charge in [0.15, 0.2) is 0 Å². The molecule has 2 N–H and O–H groups in total. The van der Waals surface area contributed by atoms with Crippen LogP contribution in [0, 0.1) is 12.7 Å². The molecule has 0 heterocycles. The summed E-state index contributed by atoms with van der Waals surface area (Å²) in [6.45, 7) is 4.02. The monoisotopic (exact) mass is 272 g/mol. The number of carbonyl (C=O) groups excluding carboxylic acids is 1. The Morgan fingerprint density at radius 3 is 2.50 bits per heavy atom. The predicted molar refractivity (Wildman–Crippen MR) is 79.2 cm³/mol. The van der Waals surface area contributed by atoms with Gasteiger partial charge >= 0.3 is 0 Å². The molecule has 0 fully saturated rings. The molecule has 1 amide bonds. The molecule has 2 rings (SSSR count). The molecule has 104 valence electrons. The van der Waals surface area contributed by atoms with E-state index in [4.69, 9.17) is 0 Å². The Bertz CT molecular complexity index is 608. The zero-order valence-electron chi connectivity index (χ0n) is 11.5. The smallest absolute Gasteiger partial charge is 0.221 e. The van der Waals surface area contributed by atoms with Crippen LogP contribution in [0.2, 0.25) is 0 Å². The number of nitrogens with one attached hydrogen (secondary N) is 2. The van der Waals surface area contributed by atoms with Gasteiger partial charge in [-0.3, -0.25) is 4.79 Å². The van der Waals surface area contributed by atoms with Crippen molar-refractivity contribution in [3.63, 3.8) is 0 Å². The summed E-state index contributed by atoms with van der Waals surface area (Å²) in [7, 11) is 0. The number of hydrogen-bond donors (Lipinski definition) is 2. The minimum Gasteiger partial charge on any atom is -0.381 e. The topological polar surface area (TPSA) is 41.1 Å². The molecule has 4 heteroatoms. The summed E-state index contributed by atoms with van der Waals surface area (Å²) in [4.78, 5) is 11.1. The van der Waals surface area contributed by atoms with Crippen molar-refractivity contribution in [1.82, 2.24) is 0 Å². The zero-order chi connectivity index (χ0) is 14.5. The second-order valence-electron chi connectivity index (χ2n) is 4.69. The third-order valence-electron chi connectivity index (χ3n) is 2.96. The van der Waals surface area contributed by atoms with Gasteiger partial charge in [0.25, 0.3) is 0 Å². The molecule has 0 spiro atoms. The van der Waals surface area contributed by atoms with Gasteiger partial charge < -0.3 is 10.6 Å². The van der Waals surface area contributed by atoms with Gasteiger partial charge in [0, 0.05) is 24.8 Å². The highest BCUT2D eigenvalue weighted by Gasteiger charge is 2.02. The number of hydrogen-bond acceptors (Lipinski definition) is 2.